The maximum absolute atomic E-state index is 5.90. The molecule has 1 aliphatic heterocycles. The van der Waals surface area contributed by atoms with Crippen molar-refractivity contribution in [2.75, 3.05) is 18.0 Å². The van der Waals surface area contributed by atoms with Gasteiger partial charge in [0.2, 0.25) is 0 Å². The number of hydrogen-bond acceptors (Lipinski definition) is 4. The van der Waals surface area contributed by atoms with E-state index in [1.165, 1.54) is 23.4 Å². The molecule has 0 saturated carbocycles. The SMILES string of the molecule is CC1(C)CCCN(c2nc(C(C)(C)C)c(CN)s2)C1. The van der Waals surface area contributed by atoms with Crippen molar-refractivity contribution in [3.05, 3.63) is 10.6 Å². The van der Waals surface area contributed by atoms with Gasteiger partial charge < -0.3 is 10.6 Å². The van der Waals surface area contributed by atoms with E-state index in [1.54, 1.807) is 11.3 Å². The number of nitrogens with two attached hydrogens (primary N) is 1. The standard InChI is InChI=1S/C15H27N3S/c1-14(2,3)12-11(9-16)19-13(17-12)18-8-6-7-15(4,5)10-18/h6-10,16H2,1-5H3. The van der Waals surface area contributed by atoms with Gasteiger partial charge in [-0.3, -0.25) is 0 Å². The molecule has 2 N–H and O–H groups in total. The van der Waals surface area contributed by atoms with Crippen LogP contribution in [0.15, 0.2) is 0 Å². The normalized spacial score (nSPS) is 19.8. The number of piperidine rings is 1. The Kier molecular flexibility index (Phi) is 3.94. The van der Waals surface area contributed by atoms with Crippen LogP contribution >= 0.6 is 11.3 Å². The van der Waals surface area contributed by atoms with E-state index in [-0.39, 0.29) is 5.41 Å². The second-order valence-corrected chi connectivity index (χ2v) is 8.47. The Morgan fingerprint density at radius 3 is 2.53 bits per heavy atom. The van der Waals surface area contributed by atoms with E-state index in [9.17, 15) is 0 Å². The van der Waals surface area contributed by atoms with Crippen molar-refractivity contribution in [2.45, 2.75) is 59.4 Å². The molecule has 1 aromatic heterocycles. The highest BCUT2D eigenvalue weighted by atomic mass is 32.1. The van der Waals surface area contributed by atoms with Gasteiger partial charge in [0.1, 0.15) is 0 Å². The summed E-state index contributed by atoms with van der Waals surface area (Å²) in [6.45, 7) is 14.2. The smallest absolute Gasteiger partial charge is 0.185 e. The third kappa shape index (κ3) is 3.29. The number of hydrogen-bond donors (Lipinski definition) is 1. The Balaban J connectivity index is 2.28. The summed E-state index contributed by atoms with van der Waals surface area (Å²) < 4.78 is 0. The molecule has 19 heavy (non-hydrogen) atoms. The second kappa shape index (κ2) is 5.06. The zero-order chi connectivity index (χ0) is 14.3. The van der Waals surface area contributed by atoms with Crippen LogP contribution in [0, 0.1) is 5.41 Å². The first-order valence-electron chi connectivity index (χ1n) is 7.18. The molecule has 0 bridgehead atoms. The molecule has 2 heterocycles. The average molecular weight is 281 g/mol. The second-order valence-electron chi connectivity index (χ2n) is 7.41. The highest BCUT2D eigenvalue weighted by molar-refractivity contribution is 7.15. The summed E-state index contributed by atoms with van der Waals surface area (Å²) in [5.74, 6) is 0. The number of anilines is 1. The molecule has 1 fully saturated rings. The van der Waals surface area contributed by atoms with Gasteiger partial charge in [0.25, 0.3) is 0 Å². The van der Waals surface area contributed by atoms with Crippen LogP contribution in [0.25, 0.3) is 0 Å². The lowest BCUT2D eigenvalue weighted by molar-refractivity contribution is 0.293. The molecule has 0 aromatic carbocycles. The van der Waals surface area contributed by atoms with Crippen LogP contribution in [0.1, 0.15) is 58.0 Å². The van der Waals surface area contributed by atoms with Gasteiger partial charge >= 0.3 is 0 Å². The summed E-state index contributed by atoms with van der Waals surface area (Å²) in [5.41, 5.74) is 7.55. The summed E-state index contributed by atoms with van der Waals surface area (Å²) in [6, 6.07) is 0. The number of nitrogens with zero attached hydrogens (tertiary/aromatic N) is 2. The monoisotopic (exact) mass is 281 g/mol. The topological polar surface area (TPSA) is 42.2 Å². The highest BCUT2D eigenvalue weighted by Crippen LogP contribution is 2.37. The first kappa shape index (κ1) is 14.8. The van der Waals surface area contributed by atoms with Crippen molar-refractivity contribution in [1.82, 2.24) is 4.98 Å². The van der Waals surface area contributed by atoms with Crippen molar-refractivity contribution in [3.63, 3.8) is 0 Å². The summed E-state index contributed by atoms with van der Waals surface area (Å²) in [4.78, 5) is 8.59. The fourth-order valence-corrected chi connectivity index (χ4v) is 3.96. The van der Waals surface area contributed by atoms with Gasteiger partial charge in [-0.1, -0.05) is 34.6 Å². The van der Waals surface area contributed by atoms with E-state index in [0.29, 0.717) is 12.0 Å². The van der Waals surface area contributed by atoms with E-state index in [4.69, 9.17) is 10.7 Å². The van der Waals surface area contributed by atoms with E-state index in [2.05, 4.69) is 39.5 Å². The van der Waals surface area contributed by atoms with Crippen LogP contribution in [0.5, 0.6) is 0 Å². The lowest BCUT2D eigenvalue weighted by Gasteiger charge is -2.37. The van der Waals surface area contributed by atoms with Crippen molar-refractivity contribution in [2.24, 2.45) is 11.1 Å². The molecule has 4 heteroatoms. The molecule has 3 nitrogen and oxygen atoms in total. The summed E-state index contributed by atoms with van der Waals surface area (Å²) >= 11 is 1.78. The van der Waals surface area contributed by atoms with Crippen LogP contribution in [0.2, 0.25) is 0 Å². The maximum Gasteiger partial charge on any atom is 0.185 e. The minimum absolute atomic E-state index is 0.0781. The minimum atomic E-state index is 0.0781. The quantitative estimate of drug-likeness (QED) is 0.902. The molecule has 2 rings (SSSR count). The maximum atomic E-state index is 5.90. The fourth-order valence-electron chi connectivity index (χ4n) is 2.79. The third-order valence-corrected chi connectivity index (χ3v) is 4.89. The molecule has 0 unspecified atom stereocenters. The third-order valence-electron chi connectivity index (χ3n) is 3.75. The molecule has 1 saturated heterocycles. The minimum Gasteiger partial charge on any atom is -0.348 e. The number of rotatable bonds is 2. The number of aromatic nitrogens is 1. The van der Waals surface area contributed by atoms with Crippen LogP contribution in [-0.4, -0.2) is 18.1 Å². The van der Waals surface area contributed by atoms with Crippen molar-refractivity contribution in [1.29, 1.82) is 0 Å². The molecule has 1 aromatic rings. The van der Waals surface area contributed by atoms with E-state index < -0.39 is 0 Å². The molecule has 0 spiro atoms. The lowest BCUT2D eigenvalue weighted by atomic mass is 9.84. The Labute approximate surface area is 121 Å². The Hall–Kier alpha value is -0.610. The predicted octanol–water partition coefficient (Wildman–Crippen LogP) is 3.53. The molecule has 1 aliphatic rings. The van der Waals surface area contributed by atoms with Gasteiger partial charge in [0, 0.05) is 29.9 Å². The van der Waals surface area contributed by atoms with Crippen LogP contribution in [0.4, 0.5) is 5.13 Å². The van der Waals surface area contributed by atoms with E-state index in [0.717, 1.165) is 18.2 Å². The molecule has 0 radical (unpaired) electrons. The summed E-state index contributed by atoms with van der Waals surface area (Å²) in [7, 11) is 0. The highest BCUT2D eigenvalue weighted by Gasteiger charge is 2.30. The van der Waals surface area contributed by atoms with Gasteiger partial charge in [-0.2, -0.15) is 0 Å². The van der Waals surface area contributed by atoms with Crippen LogP contribution in [0.3, 0.4) is 0 Å². The molecule has 0 aliphatic carbocycles. The lowest BCUT2D eigenvalue weighted by Crippen LogP contribution is -2.40. The fraction of sp³-hybridized carbons (Fsp3) is 0.800. The molecular weight excluding hydrogens is 254 g/mol. The molecule has 0 atom stereocenters. The van der Waals surface area contributed by atoms with Gasteiger partial charge in [-0.15, -0.1) is 11.3 Å². The largest absolute Gasteiger partial charge is 0.348 e. The van der Waals surface area contributed by atoms with Crippen LogP contribution in [-0.2, 0) is 12.0 Å². The first-order chi connectivity index (χ1) is 8.73. The Morgan fingerprint density at radius 2 is 2.05 bits per heavy atom. The van der Waals surface area contributed by atoms with Crippen molar-refractivity contribution < 1.29 is 0 Å². The average Bonchev–Trinajstić information content (AvgIpc) is 2.71. The van der Waals surface area contributed by atoms with Crippen molar-refractivity contribution >= 4 is 16.5 Å². The van der Waals surface area contributed by atoms with Gasteiger partial charge in [-0.05, 0) is 18.3 Å². The summed E-state index contributed by atoms with van der Waals surface area (Å²) in [5, 5.41) is 1.16. The van der Waals surface area contributed by atoms with Gasteiger partial charge in [0.05, 0.1) is 5.69 Å². The van der Waals surface area contributed by atoms with Gasteiger partial charge in [-0.25, -0.2) is 4.98 Å². The number of thiazole rings is 1. The van der Waals surface area contributed by atoms with E-state index >= 15 is 0 Å². The molecular formula is C15H27N3S. The Morgan fingerprint density at radius 1 is 1.37 bits per heavy atom. The van der Waals surface area contributed by atoms with Gasteiger partial charge in [0.15, 0.2) is 5.13 Å². The van der Waals surface area contributed by atoms with Crippen molar-refractivity contribution in [3.8, 4) is 0 Å². The zero-order valence-electron chi connectivity index (χ0n) is 12.9. The summed E-state index contributed by atoms with van der Waals surface area (Å²) in [6.07, 6.45) is 2.57. The zero-order valence-corrected chi connectivity index (χ0v) is 13.7. The molecule has 108 valence electrons. The van der Waals surface area contributed by atoms with Crippen LogP contribution < -0.4 is 10.6 Å². The molecule has 0 amide bonds. The van der Waals surface area contributed by atoms with E-state index in [1.807, 2.05) is 0 Å². The predicted molar refractivity (Wildman–Crippen MR) is 83.9 cm³/mol. The Bertz CT molecular complexity index is 443. The first-order valence-corrected chi connectivity index (χ1v) is 8.00.